The van der Waals surface area contributed by atoms with Crippen molar-refractivity contribution in [1.29, 1.82) is 0 Å². The van der Waals surface area contributed by atoms with Gasteiger partial charge in [-0.3, -0.25) is 0 Å². The van der Waals surface area contributed by atoms with E-state index in [9.17, 15) is 9.59 Å². The van der Waals surface area contributed by atoms with Crippen LogP contribution in [-0.4, -0.2) is 64.5 Å². The van der Waals surface area contributed by atoms with Gasteiger partial charge in [-0.05, 0) is 0 Å². The zero-order valence-corrected chi connectivity index (χ0v) is 10.1. The summed E-state index contributed by atoms with van der Waals surface area (Å²) < 4.78 is 9.81. The van der Waals surface area contributed by atoms with Gasteiger partial charge in [0.15, 0.2) is 12.4 Å². The predicted molar refractivity (Wildman–Crippen MR) is 60.3 cm³/mol. The van der Waals surface area contributed by atoms with Crippen LogP contribution in [0.3, 0.4) is 0 Å². The van der Waals surface area contributed by atoms with Crippen molar-refractivity contribution in [2.75, 3.05) is 26.2 Å². The number of ether oxygens (including phenoxy) is 1. The van der Waals surface area contributed by atoms with E-state index < -0.39 is 12.1 Å². The first-order valence-electron chi connectivity index (χ1n) is 5.79. The molecule has 0 bridgehead atoms. The van der Waals surface area contributed by atoms with Crippen LogP contribution < -0.4 is 5.32 Å². The van der Waals surface area contributed by atoms with Crippen molar-refractivity contribution in [2.24, 2.45) is 0 Å². The first-order valence-corrected chi connectivity index (χ1v) is 5.79. The number of carboxylic acids is 1. The second-order valence-electron chi connectivity index (χ2n) is 3.96. The molecule has 104 valence electrons. The van der Waals surface area contributed by atoms with E-state index in [0.29, 0.717) is 25.4 Å². The molecule has 0 aliphatic carbocycles. The minimum atomic E-state index is -1.07. The second kappa shape index (κ2) is 6.14. The van der Waals surface area contributed by atoms with E-state index in [2.05, 4.69) is 15.5 Å². The Morgan fingerprint density at radius 2 is 2.42 bits per heavy atom. The lowest BCUT2D eigenvalue weighted by atomic mass is 10.3. The summed E-state index contributed by atoms with van der Waals surface area (Å²) in [6.07, 6.45) is 0.755. The summed E-state index contributed by atoms with van der Waals surface area (Å²) in [5.74, 6) is -0.631. The molecule has 2 heterocycles. The number of carbonyl (C=O) groups excluding carboxylic acids is 1. The molecule has 1 aromatic heterocycles. The average molecular weight is 270 g/mol. The van der Waals surface area contributed by atoms with Gasteiger partial charge in [-0.1, -0.05) is 5.16 Å². The maximum Gasteiger partial charge on any atom is 0.334 e. The van der Waals surface area contributed by atoms with Crippen molar-refractivity contribution in [1.82, 2.24) is 20.4 Å². The van der Waals surface area contributed by atoms with Crippen molar-refractivity contribution in [2.45, 2.75) is 12.5 Å². The molecule has 1 saturated heterocycles. The summed E-state index contributed by atoms with van der Waals surface area (Å²) in [5.41, 5.74) is 0. The molecule has 2 amide bonds. The Labute approximate surface area is 108 Å². The summed E-state index contributed by atoms with van der Waals surface area (Å²) in [6.45, 7) is 0.974. The van der Waals surface area contributed by atoms with Crippen molar-refractivity contribution < 1.29 is 24.0 Å². The number of carbonyl (C=O) groups is 2. The first kappa shape index (κ1) is 13.3. The molecular weight excluding hydrogens is 256 g/mol. The lowest BCUT2D eigenvalue weighted by Gasteiger charge is -2.30. The van der Waals surface area contributed by atoms with E-state index in [0.717, 1.165) is 0 Å². The van der Waals surface area contributed by atoms with Crippen LogP contribution in [-0.2, 0) is 16.0 Å². The summed E-state index contributed by atoms with van der Waals surface area (Å²) >= 11 is 0. The Hall–Kier alpha value is -2.16. The van der Waals surface area contributed by atoms with E-state index in [1.165, 1.54) is 11.2 Å². The fraction of sp³-hybridized carbons (Fsp3) is 0.600. The zero-order valence-electron chi connectivity index (χ0n) is 10.1. The Morgan fingerprint density at radius 3 is 3.11 bits per heavy atom. The van der Waals surface area contributed by atoms with Crippen LogP contribution in [0.2, 0.25) is 0 Å². The number of amides is 2. The van der Waals surface area contributed by atoms with Gasteiger partial charge < -0.3 is 24.6 Å². The molecule has 1 aliphatic rings. The Morgan fingerprint density at radius 1 is 1.58 bits per heavy atom. The molecular formula is C10H14N4O5. The molecule has 9 heteroatoms. The maximum absolute atomic E-state index is 11.8. The van der Waals surface area contributed by atoms with Gasteiger partial charge in [-0.15, -0.1) is 0 Å². The van der Waals surface area contributed by atoms with E-state index >= 15 is 0 Å². The molecule has 1 atom stereocenters. The molecule has 2 rings (SSSR count). The van der Waals surface area contributed by atoms with E-state index in [1.807, 2.05) is 0 Å². The molecule has 1 fully saturated rings. The molecule has 2 N–H and O–H groups in total. The molecule has 0 aromatic carbocycles. The SMILES string of the molecule is O=C(O)C1CN(C(=O)NCCc2ncno2)CCO1. The minimum absolute atomic E-state index is 0.0434. The number of hydrogen-bond acceptors (Lipinski definition) is 6. The standard InChI is InChI=1S/C10H14N4O5/c15-9(16)7-5-14(3-4-18-7)10(17)11-2-1-8-12-6-13-19-8/h6-7H,1-5H2,(H,11,17)(H,15,16). The third kappa shape index (κ3) is 3.65. The number of aliphatic carboxylic acids is 1. The Kier molecular flexibility index (Phi) is 4.29. The van der Waals surface area contributed by atoms with Gasteiger partial charge in [-0.25, -0.2) is 9.59 Å². The van der Waals surface area contributed by atoms with Gasteiger partial charge in [0, 0.05) is 19.5 Å². The molecule has 0 spiro atoms. The van der Waals surface area contributed by atoms with Crippen molar-refractivity contribution >= 4 is 12.0 Å². The fourth-order valence-electron chi connectivity index (χ4n) is 1.68. The Balaban J connectivity index is 1.74. The van der Waals surface area contributed by atoms with Crippen LogP contribution in [0.1, 0.15) is 5.89 Å². The van der Waals surface area contributed by atoms with E-state index in [4.69, 9.17) is 14.4 Å². The second-order valence-corrected chi connectivity index (χ2v) is 3.96. The number of urea groups is 1. The quantitative estimate of drug-likeness (QED) is 0.728. The van der Waals surface area contributed by atoms with Crippen LogP contribution >= 0.6 is 0 Å². The minimum Gasteiger partial charge on any atom is -0.479 e. The number of rotatable bonds is 4. The molecule has 19 heavy (non-hydrogen) atoms. The third-order valence-electron chi connectivity index (χ3n) is 2.65. The monoisotopic (exact) mass is 270 g/mol. The molecule has 1 aromatic rings. The average Bonchev–Trinajstić information content (AvgIpc) is 2.92. The van der Waals surface area contributed by atoms with Crippen molar-refractivity contribution in [3.05, 3.63) is 12.2 Å². The van der Waals surface area contributed by atoms with Crippen LogP contribution in [0.4, 0.5) is 4.79 Å². The van der Waals surface area contributed by atoms with Gasteiger partial charge in [0.05, 0.1) is 13.2 Å². The number of nitrogens with zero attached hydrogens (tertiary/aromatic N) is 3. The summed E-state index contributed by atoms with van der Waals surface area (Å²) in [5, 5.41) is 14.9. The Bertz CT molecular complexity index is 435. The number of hydrogen-bond donors (Lipinski definition) is 2. The van der Waals surface area contributed by atoms with Crippen molar-refractivity contribution in [3.8, 4) is 0 Å². The topological polar surface area (TPSA) is 118 Å². The molecule has 1 aliphatic heterocycles. The van der Waals surface area contributed by atoms with Crippen molar-refractivity contribution in [3.63, 3.8) is 0 Å². The van der Waals surface area contributed by atoms with Gasteiger partial charge >= 0.3 is 12.0 Å². The number of carboxylic acid groups (broad SMARTS) is 1. The fourth-order valence-corrected chi connectivity index (χ4v) is 1.68. The van der Waals surface area contributed by atoms with Crippen LogP contribution in [0.25, 0.3) is 0 Å². The van der Waals surface area contributed by atoms with Gasteiger partial charge in [0.25, 0.3) is 0 Å². The maximum atomic E-state index is 11.8. The lowest BCUT2D eigenvalue weighted by Crippen LogP contribution is -2.52. The lowest BCUT2D eigenvalue weighted by molar-refractivity contribution is -0.154. The first-order chi connectivity index (χ1) is 9.16. The smallest absolute Gasteiger partial charge is 0.334 e. The van der Waals surface area contributed by atoms with Gasteiger partial charge in [-0.2, -0.15) is 4.98 Å². The summed E-state index contributed by atoms with van der Waals surface area (Å²) in [7, 11) is 0. The molecule has 0 saturated carbocycles. The third-order valence-corrected chi connectivity index (χ3v) is 2.65. The van der Waals surface area contributed by atoms with E-state index in [-0.39, 0.29) is 19.2 Å². The zero-order chi connectivity index (χ0) is 13.7. The summed E-state index contributed by atoms with van der Waals surface area (Å²) in [6, 6.07) is -0.325. The van der Waals surface area contributed by atoms with E-state index in [1.54, 1.807) is 0 Å². The number of morpholine rings is 1. The molecule has 9 nitrogen and oxygen atoms in total. The highest BCUT2D eigenvalue weighted by atomic mass is 16.5. The number of aromatic nitrogens is 2. The molecule has 1 unspecified atom stereocenters. The summed E-state index contributed by atoms with van der Waals surface area (Å²) in [4.78, 5) is 27.8. The van der Waals surface area contributed by atoms with Crippen LogP contribution in [0.15, 0.2) is 10.9 Å². The van der Waals surface area contributed by atoms with Gasteiger partial charge in [0.1, 0.15) is 0 Å². The number of nitrogens with one attached hydrogen (secondary N) is 1. The van der Waals surface area contributed by atoms with Crippen LogP contribution in [0, 0.1) is 0 Å². The normalized spacial score (nSPS) is 19.2. The predicted octanol–water partition coefficient (Wildman–Crippen LogP) is -0.893. The molecule has 0 radical (unpaired) electrons. The largest absolute Gasteiger partial charge is 0.479 e. The van der Waals surface area contributed by atoms with Crippen LogP contribution in [0.5, 0.6) is 0 Å². The highest BCUT2D eigenvalue weighted by Crippen LogP contribution is 2.05. The van der Waals surface area contributed by atoms with Gasteiger partial charge in [0.2, 0.25) is 5.89 Å². The highest BCUT2D eigenvalue weighted by molar-refractivity contribution is 5.77. The highest BCUT2D eigenvalue weighted by Gasteiger charge is 2.28.